The van der Waals surface area contributed by atoms with Crippen LogP contribution in [0.25, 0.3) is 5.52 Å². The van der Waals surface area contributed by atoms with Crippen LogP contribution in [0, 0.1) is 6.92 Å². The van der Waals surface area contributed by atoms with Crippen LogP contribution in [0.2, 0.25) is 0 Å². The van der Waals surface area contributed by atoms with Crippen molar-refractivity contribution in [2.45, 2.75) is 13.5 Å². The van der Waals surface area contributed by atoms with Gasteiger partial charge >= 0.3 is 0 Å². The highest BCUT2D eigenvalue weighted by atomic mass is 15.4. The zero-order chi connectivity index (χ0) is 12.4. The summed E-state index contributed by atoms with van der Waals surface area (Å²) in [5.41, 5.74) is 1.95. The van der Waals surface area contributed by atoms with Crippen molar-refractivity contribution in [2.24, 2.45) is 0 Å². The molecule has 7 heteroatoms. The first-order valence-corrected chi connectivity index (χ1v) is 5.72. The molecule has 1 N–H and O–H groups in total. The third kappa shape index (κ3) is 2.02. The van der Waals surface area contributed by atoms with E-state index in [4.69, 9.17) is 0 Å². The summed E-state index contributed by atoms with van der Waals surface area (Å²) in [5.74, 6) is 0.832. The van der Waals surface area contributed by atoms with E-state index in [-0.39, 0.29) is 0 Å². The van der Waals surface area contributed by atoms with E-state index < -0.39 is 0 Å². The van der Waals surface area contributed by atoms with Gasteiger partial charge in [-0.25, -0.2) is 9.50 Å². The van der Waals surface area contributed by atoms with Gasteiger partial charge in [0.05, 0.1) is 18.4 Å². The normalized spacial score (nSPS) is 10.9. The third-order valence-corrected chi connectivity index (χ3v) is 2.62. The van der Waals surface area contributed by atoms with E-state index in [0.717, 1.165) is 30.1 Å². The molecule has 0 amide bonds. The molecular formula is C11H13N7. The van der Waals surface area contributed by atoms with Crippen molar-refractivity contribution in [3.63, 3.8) is 0 Å². The van der Waals surface area contributed by atoms with E-state index in [9.17, 15) is 0 Å². The van der Waals surface area contributed by atoms with Crippen LogP contribution in [0.4, 0.5) is 5.82 Å². The topological polar surface area (TPSA) is 72.9 Å². The molecule has 0 aliphatic rings. The highest BCUT2D eigenvalue weighted by Crippen LogP contribution is 2.14. The molecule has 0 unspecified atom stereocenters. The lowest BCUT2D eigenvalue weighted by Gasteiger charge is -2.06. The fourth-order valence-corrected chi connectivity index (χ4v) is 1.82. The SMILES string of the molecule is Cc1cc2c(NCCn3ccnn3)nccn2n1. The molecule has 3 aromatic rings. The van der Waals surface area contributed by atoms with Crippen molar-refractivity contribution in [2.75, 3.05) is 11.9 Å². The first-order valence-electron chi connectivity index (χ1n) is 5.72. The van der Waals surface area contributed by atoms with Crippen LogP contribution in [-0.4, -0.2) is 36.1 Å². The van der Waals surface area contributed by atoms with Crippen LogP contribution in [0.3, 0.4) is 0 Å². The van der Waals surface area contributed by atoms with Crippen LogP contribution in [0.5, 0.6) is 0 Å². The van der Waals surface area contributed by atoms with Crippen LogP contribution < -0.4 is 5.32 Å². The van der Waals surface area contributed by atoms with Gasteiger partial charge in [0.2, 0.25) is 0 Å². The number of aromatic nitrogens is 6. The largest absolute Gasteiger partial charge is 0.366 e. The maximum atomic E-state index is 4.34. The number of anilines is 1. The van der Waals surface area contributed by atoms with Gasteiger partial charge in [-0.05, 0) is 13.0 Å². The minimum atomic E-state index is 0.736. The lowest BCUT2D eigenvalue weighted by molar-refractivity contribution is 0.608. The standard InChI is InChI=1S/C11H13N7/c1-9-8-10-11(13-3-7-18(10)15-9)12-2-5-17-6-4-14-16-17/h3-4,6-8H,2,5H2,1H3,(H,12,13). The Balaban J connectivity index is 1.74. The number of nitrogens with zero attached hydrogens (tertiary/aromatic N) is 6. The molecule has 18 heavy (non-hydrogen) atoms. The van der Waals surface area contributed by atoms with E-state index in [1.165, 1.54) is 0 Å². The summed E-state index contributed by atoms with van der Waals surface area (Å²) in [6.45, 7) is 3.45. The fourth-order valence-electron chi connectivity index (χ4n) is 1.82. The van der Waals surface area contributed by atoms with Crippen molar-refractivity contribution in [3.05, 3.63) is 36.5 Å². The average Bonchev–Trinajstić information content (AvgIpc) is 2.97. The molecule has 0 aromatic carbocycles. The highest BCUT2D eigenvalue weighted by molar-refractivity contribution is 5.67. The third-order valence-electron chi connectivity index (χ3n) is 2.62. The van der Waals surface area contributed by atoms with Crippen LogP contribution in [0.15, 0.2) is 30.9 Å². The van der Waals surface area contributed by atoms with Gasteiger partial charge in [-0.1, -0.05) is 5.21 Å². The van der Waals surface area contributed by atoms with Crippen molar-refractivity contribution in [3.8, 4) is 0 Å². The van der Waals surface area contributed by atoms with Crippen LogP contribution >= 0.6 is 0 Å². The molecule has 0 fully saturated rings. The van der Waals surface area contributed by atoms with Gasteiger partial charge in [-0.15, -0.1) is 5.10 Å². The molecule has 3 rings (SSSR count). The van der Waals surface area contributed by atoms with Crippen LogP contribution in [0.1, 0.15) is 5.69 Å². The first kappa shape index (κ1) is 10.7. The van der Waals surface area contributed by atoms with E-state index in [1.807, 2.05) is 29.9 Å². The minimum Gasteiger partial charge on any atom is -0.366 e. The summed E-state index contributed by atoms with van der Waals surface area (Å²) in [6, 6.07) is 2.00. The predicted octanol–water partition coefficient (Wildman–Crippen LogP) is 0.741. The second kappa shape index (κ2) is 4.44. The van der Waals surface area contributed by atoms with Crippen molar-refractivity contribution < 1.29 is 0 Å². The number of aryl methyl sites for hydroxylation is 1. The number of hydrogen-bond donors (Lipinski definition) is 1. The van der Waals surface area contributed by atoms with Crippen molar-refractivity contribution in [1.29, 1.82) is 0 Å². The minimum absolute atomic E-state index is 0.736. The Morgan fingerprint density at radius 3 is 3.06 bits per heavy atom. The van der Waals surface area contributed by atoms with Crippen molar-refractivity contribution in [1.82, 2.24) is 29.6 Å². The zero-order valence-electron chi connectivity index (χ0n) is 9.98. The molecule has 0 saturated heterocycles. The molecule has 3 aromatic heterocycles. The molecule has 0 bridgehead atoms. The fraction of sp³-hybridized carbons (Fsp3) is 0.273. The molecule has 0 spiro atoms. The van der Waals surface area contributed by atoms with Gasteiger partial charge in [-0.2, -0.15) is 5.10 Å². The van der Waals surface area contributed by atoms with Gasteiger partial charge in [0.15, 0.2) is 5.82 Å². The lowest BCUT2D eigenvalue weighted by Crippen LogP contribution is -2.12. The molecule has 0 aliphatic heterocycles. The van der Waals surface area contributed by atoms with E-state index >= 15 is 0 Å². The Kier molecular flexibility index (Phi) is 2.64. The van der Waals surface area contributed by atoms with Gasteiger partial charge in [0.25, 0.3) is 0 Å². The smallest absolute Gasteiger partial charge is 0.152 e. The Labute approximate surface area is 103 Å². The number of hydrogen-bond acceptors (Lipinski definition) is 5. The van der Waals surface area contributed by atoms with E-state index in [0.29, 0.717) is 0 Å². The van der Waals surface area contributed by atoms with Gasteiger partial charge in [-0.3, -0.25) is 4.68 Å². The molecule has 0 aliphatic carbocycles. The molecule has 0 radical (unpaired) electrons. The molecule has 7 nitrogen and oxygen atoms in total. The second-order valence-electron chi connectivity index (χ2n) is 3.98. The summed E-state index contributed by atoms with van der Waals surface area (Å²) in [5, 5.41) is 15.3. The van der Waals surface area contributed by atoms with Gasteiger partial charge < -0.3 is 5.32 Å². The van der Waals surface area contributed by atoms with E-state index in [1.54, 1.807) is 17.1 Å². The maximum absolute atomic E-state index is 4.34. The molecule has 3 heterocycles. The Bertz CT molecular complexity index is 641. The summed E-state index contributed by atoms with van der Waals surface area (Å²) in [7, 11) is 0. The number of rotatable bonds is 4. The molecular weight excluding hydrogens is 230 g/mol. The van der Waals surface area contributed by atoms with Gasteiger partial charge in [0, 0.05) is 25.1 Å². The summed E-state index contributed by atoms with van der Waals surface area (Å²) in [6.07, 6.45) is 7.07. The van der Waals surface area contributed by atoms with E-state index in [2.05, 4.69) is 25.7 Å². The summed E-state index contributed by atoms with van der Waals surface area (Å²) >= 11 is 0. The lowest BCUT2D eigenvalue weighted by atomic mass is 10.4. The second-order valence-corrected chi connectivity index (χ2v) is 3.98. The average molecular weight is 243 g/mol. The first-order chi connectivity index (χ1) is 8.83. The van der Waals surface area contributed by atoms with Gasteiger partial charge in [0.1, 0.15) is 5.52 Å². The highest BCUT2D eigenvalue weighted by Gasteiger charge is 2.04. The zero-order valence-corrected chi connectivity index (χ0v) is 9.98. The maximum Gasteiger partial charge on any atom is 0.152 e. The van der Waals surface area contributed by atoms with Crippen LogP contribution in [-0.2, 0) is 6.54 Å². The molecule has 0 atom stereocenters. The quantitative estimate of drug-likeness (QED) is 0.731. The monoisotopic (exact) mass is 243 g/mol. The summed E-state index contributed by atoms with van der Waals surface area (Å²) < 4.78 is 3.59. The Morgan fingerprint density at radius 1 is 1.28 bits per heavy atom. The number of fused-ring (bicyclic) bond motifs is 1. The molecule has 0 saturated carbocycles. The number of nitrogens with one attached hydrogen (secondary N) is 1. The Morgan fingerprint density at radius 2 is 2.22 bits per heavy atom. The predicted molar refractivity (Wildman–Crippen MR) is 66.2 cm³/mol. The Hall–Kier alpha value is -2.44. The van der Waals surface area contributed by atoms with Crippen molar-refractivity contribution >= 4 is 11.3 Å². The summed E-state index contributed by atoms with van der Waals surface area (Å²) in [4.78, 5) is 4.32. The molecule has 92 valence electrons.